The summed E-state index contributed by atoms with van der Waals surface area (Å²) in [7, 11) is 1.55. The van der Waals surface area contributed by atoms with Crippen LogP contribution in [0.15, 0.2) is 18.2 Å². The van der Waals surface area contributed by atoms with Crippen LogP contribution in [0.5, 0.6) is 5.75 Å². The van der Waals surface area contributed by atoms with Crippen LogP contribution in [0, 0.1) is 6.92 Å². The first-order valence-electron chi connectivity index (χ1n) is 6.76. The Labute approximate surface area is 120 Å². The topological polar surface area (TPSA) is 73.6 Å². The van der Waals surface area contributed by atoms with Crippen molar-refractivity contribution in [2.45, 2.75) is 39.4 Å². The molecule has 1 aromatic carbocycles. The largest absolute Gasteiger partial charge is 0.491 e. The van der Waals surface area contributed by atoms with Gasteiger partial charge in [0.05, 0.1) is 18.6 Å². The summed E-state index contributed by atoms with van der Waals surface area (Å²) in [5.41, 5.74) is 7.22. The van der Waals surface area contributed by atoms with E-state index in [-0.39, 0.29) is 24.5 Å². The van der Waals surface area contributed by atoms with Gasteiger partial charge in [-0.2, -0.15) is 0 Å². The second-order valence-corrected chi connectivity index (χ2v) is 4.99. The normalized spacial score (nSPS) is 12.3. The molecule has 1 atom stereocenters. The molecule has 0 spiro atoms. The van der Waals surface area contributed by atoms with E-state index in [2.05, 4.69) is 5.32 Å². The van der Waals surface area contributed by atoms with Crippen molar-refractivity contribution in [1.82, 2.24) is 0 Å². The molecule has 0 saturated heterocycles. The molecule has 1 amide bonds. The number of hydrogen-bond donors (Lipinski definition) is 2. The third kappa shape index (κ3) is 5.19. The molecule has 5 nitrogen and oxygen atoms in total. The number of hydrogen-bond acceptors (Lipinski definition) is 4. The van der Waals surface area contributed by atoms with Crippen molar-refractivity contribution < 1.29 is 14.3 Å². The van der Waals surface area contributed by atoms with Crippen LogP contribution in [0.2, 0.25) is 0 Å². The Balaban J connectivity index is 2.64. The average Bonchev–Trinajstić information content (AvgIpc) is 2.38. The fourth-order valence-corrected chi connectivity index (χ4v) is 1.80. The van der Waals surface area contributed by atoms with Crippen molar-refractivity contribution in [3.05, 3.63) is 23.8 Å². The molecule has 0 saturated carbocycles. The number of aryl methyl sites for hydroxylation is 1. The monoisotopic (exact) mass is 280 g/mol. The van der Waals surface area contributed by atoms with Gasteiger partial charge in [0, 0.05) is 19.3 Å². The van der Waals surface area contributed by atoms with Gasteiger partial charge in [0.2, 0.25) is 5.91 Å². The molecule has 20 heavy (non-hydrogen) atoms. The quantitative estimate of drug-likeness (QED) is 0.802. The Bertz CT molecular complexity index is 443. The van der Waals surface area contributed by atoms with Gasteiger partial charge in [-0.3, -0.25) is 4.79 Å². The zero-order valence-electron chi connectivity index (χ0n) is 12.6. The van der Waals surface area contributed by atoms with Crippen LogP contribution >= 0.6 is 0 Å². The van der Waals surface area contributed by atoms with Gasteiger partial charge in [0.25, 0.3) is 0 Å². The number of carbonyl (C=O) groups excluding carboxylic acids is 1. The van der Waals surface area contributed by atoms with E-state index < -0.39 is 0 Å². The minimum absolute atomic E-state index is 0.112. The standard InChI is InChI=1S/C15H24N2O3/c1-10(2)20-14-6-5-12(7-11(14)3)17-15(18)8-13(9-16)19-4/h5-7,10,13H,8-9,16H2,1-4H3,(H,17,18). The molecule has 0 aliphatic rings. The number of amides is 1. The molecule has 5 heteroatoms. The summed E-state index contributed by atoms with van der Waals surface area (Å²) >= 11 is 0. The molecular weight excluding hydrogens is 256 g/mol. The minimum atomic E-state index is -0.250. The summed E-state index contributed by atoms with van der Waals surface area (Å²) in [6.07, 6.45) is 0.122. The molecule has 0 fully saturated rings. The van der Waals surface area contributed by atoms with E-state index in [1.807, 2.05) is 39.0 Å². The molecular formula is C15H24N2O3. The minimum Gasteiger partial charge on any atom is -0.491 e. The lowest BCUT2D eigenvalue weighted by molar-refractivity contribution is -0.118. The lowest BCUT2D eigenvalue weighted by atomic mass is 10.2. The van der Waals surface area contributed by atoms with Crippen LogP contribution in [0.3, 0.4) is 0 Å². The SMILES string of the molecule is COC(CN)CC(=O)Nc1ccc(OC(C)C)c(C)c1. The van der Waals surface area contributed by atoms with E-state index in [4.69, 9.17) is 15.2 Å². The second kappa shape index (κ2) is 7.87. The maximum absolute atomic E-state index is 11.8. The third-order valence-corrected chi connectivity index (χ3v) is 2.83. The summed E-state index contributed by atoms with van der Waals surface area (Å²) in [6, 6.07) is 5.58. The number of carbonyl (C=O) groups is 1. The van der Waals surface area contributed by atoms with E-state index in [0.29, 0.717) is 6.54 Å². The Morgan fingerprint density at radius 2 is 2.10 bits per heavy atom. The molecule has 0 aliphatic carbocycles. The van der Waals surface area contributed by atoms with Gasteiger partial charge < -0.3 is 20.5 Å². The Morgan fingerprint density at radius 1 is 1.40 bits per heavy atom. The van der Waals surface area contributed by atoms with Gasteiger partial charge in [-0.25, -0.2) is 0 Å². The number of methoxy groups -OCH3 is 1. The Kier molecular flexibility index (Phi) is 6.48. The van der Waals surface area contributed by atoms with Crippen LogP contribution in [-0.4, -0.2) is 31.8 Å². The van der Waals surface area contributed by atoms with Crippen LogP contribution in [0.4, 0.5) is 5.69 Å². The number of nitrogens with two attached hydrogens (primary N) is 1. The molecule has 112 valence electrons. The van der Waals surface area contributed by atoms with E-state index >= 15 is 0 Å². The second-order valence-electron chi connectivity index (χ2n) is 4.99. The van der Waals surface area contributed by atoms with Crippen molar-refractivity contribution in [3.63, 3.8) is 0 Å². The van der Waals surface area contributed by atoms with Gasteiger partial charge in [-0.1, -0.05) is 0 Å². The van der Waals surface area contributed by atoms with Gasteiger partial charge >= 0.3 is 0 Å². The number of nitrogens with one attached hydrogen (secondary N) is 1. The third-order valence-electron chi connectivity index (χ3n) is 2.83. The molecule has 0 heterocycles. The lowest BCUT2D eigenvalue weighted by Gasteiger charge is -2.15. The van der Waals surface area contributed by atoms with Crippen LogP contribution in [0.1, 0.15) is 25.8 Å². The highest BCUT2D eigenvalue weighted by Gasteiger charge is 2.12. The fourth-order valence-electron chi connectivity index (χ4n) is 1.80. The van der Waals surface area contributed by atoms with Gasteiger partial charge in [0.15, 0.2) is 0 Å². The zero-order valence-corrected chi connectivity index (χ0v) is 12.6. The molecule has 0 aliphatic heterocycles. The van der Waals surface area contributed by atoms with Gasteiger partial charge in [-0.15, -0.1) is 0 Å². The number of rotatable bonds is 7. The number of anilines is 1. The van der Waals surface area contributed by atoms with Crippen LogP contribution in [0.25, 0.3) is 0 Å². The molecule has 3 N–H and O–H groups in total. The molecule has 0 radical (unpaired) electrons. The first-order chi connectivity index (χ1) is 9.46. The molecule has 1 unspecified atom stereocenters. The first kappa shape index (κ1) is 16.5. The highest BCUT2D eigenvalue weighted by atomic mass is 16.5. The maximum atomic E-state index is 11.8. The first-order valence-corrected chi connectivity index (χ1v) is 6.76. The molecule has 1 aromatic rings. The molecule has 0 aromatic heterocycles. The van der Waals surface area contributed by atoms with Crippen molar-refractivity contribution in [2.75, 3.05) is 19.0 Å². The number of ether oxygens (including phenoxy) is 2. The Morgan fingerprint density at radius 3 is 2.60 bits per heavy atom. The summed E-state index contributed by atoms with van der Waals surface area (Å²) < 4.78 is 10.7. The molecule has 0 bridgehead atoms. The Hall–Kier alpha value is -1.59. The van der Waals surface area contributed by atoms with Gasteiger partial charge in [0.1, 0.15) is 5.75 Å². The van der Waals surface area contributed by atoms with Crippen molar-refractivity contribution in [3.8, 4) is 5.75 Å². The predicted molar refractivity (Wildman–Crippen MR) is 80.0 cm³/mol. The van der Waals surface area contributed by atoms with Crippen molar-refractivity contribution in [1.29, 1.82) is 0 Å². The van der Waals surface area contributed by atoms with E-state index in [1.54, 1.807) is 7.11 Å². The highest BCUT2D eigenvalue weighted by Crippen LogP contribution is 2.23. The van der Waals surface area contributed by atoms with Crippen LogP contribution < -0.4 is 15.8 Å². The average molecular weight is 280 g/mol. The predicted octanol–water partition coefficient (Wildman–Crippen LogP) is 2.08. The van der Waals surface area contributed by atoms with Gasteiger partial charge in [-0.05, 0) is 44.5 Å². The maximum Gasteiger partial charge on any atom is 0.227 e. The number of benzene rings is 1. The summed E-state index contributed by atoms with van der Waals surface area (Å²) in [5.74, 6) is 0.717. The smallest absolute Gasteiger partial charge is 0.227 e. The highest BCUT2D eigenvalue weighted by molar-refractivity contribution is 5.91. The fraction of sp³-hybridized carbons (Fsp3) is 0.533. The van der Waals surface area contributed by atoms with Crippen molar-refractivity contribution in [2.24, 2.45) is 5.73 Å². The summed E-state index contributed by atoms with van der Waals surface area (Å²) in [4.78, 5) is 11.8. The van der Waals surface area contributed by atoms with Crippen LogP contribution in [-0.2, 0) is 9.53 Å². The summed E-state index contributed by atoms with van der Waals surface area (Å²) in [5, 5.41) is 2.83. The van der Waals surface area contributed by atoms with E-state index in [0.717, 1.165) is 17.0 Å². The summed E-state index contributed by atoms with van der Waals surface area (Å²) in [6.45, 7) is 6.23. The lowest BCUT2D eigenvalue weighted by Crippen LogP contribution is -2.28. The van der Waals surface area contributed by atoms with Crippen molar-refractivity contribution >= 4 is 11.6 Å². The van der Waals surface area contributed by atoms with E-state index in [1.165, 1.54) is 0 Å². The molecule has 1 rings (SSSR count). The van der Waals surface area contributed by atoms with E-state index in [9.17, 15) is 4.79 Å². The zero-order chi connectivity index (χ0) is 15.1.